The highest BCUT2D eigenvalue weighted by Gasteiger charge is 2.28. The van der Waals surface area contributed by atoms with Gasteiger partial charge in [0.15, 0.2) is 0 Å². The summed E-state index contributed by atoms with van der Waals surface area (Å²) in [6.45, 7) is 1.76. The van der Waals surface area contributed by atoms with Gasteiger partial charge in [0, 0.05) is 24.1 Å². The van der Waals surface area contributed by atoms with Crippen molar-refractivity contribution in [1.29, 1.82) is 0 Å². The number of benzene rings is 2. The average molecular weight is 515 g/mol. The zero-order chi connectivity index (χ0) is 26.6. The molecule has 1 saturated heterocycles. The highest BCUT2D eigenvalue weighted by atomic mass is 16.5. The Kier molecular flexibility index (Phi) is 6.81. The maximum absolute atomic E-state index is 12.4. The molecule has 0 spiro atoms. The molecule has 0 saturated carbocycles. The lowest BCUT2D eigenvalue weighted by Gasteiger charge is -2.14. The largest absolute Gasteiger partial charge is 0.457 e. The van der Waals surface area contributed by atoms with Gasteiger partial charge >= 0.3 is 6.09 Å². The Morgan fingerprint density at radius 1 is 1.03 bits per heavy atom. The first-order valence-electron chi connectivity index (χ1n) is 12.0. The molecule has 3 heterocycles. The zero-order valence-corrected chi connectivity index (χ0v) is 20.6. The summed E-state index contributed by atoms with van der Waals surface area (Å²) < 4.78 is 12.6. The van der Waals surface area contributed by atoms with Crippen LogP contribution in [0, 0.1) is 6.92 Å². The number of para-hydroxylation sites is 1. The van der Waals surface area contributed by atoms with Gasteiger partial charge in [-0.1, -0.05) is 18.2 Å². The molecular formula is C27H26N6O5. The summed E-state index contributed by atoms with van der Waals surface area (Å²) in [6, 6.07) is 16.9. The van der Waals surface area contributed by atoms with Gasteiger partial charge in [-0.15, -0.1) is 0 Å². The van der Waals surface area contributed by atoms with Gasteiger partial charge in [-0.2, -0.15) is 5.10 Å². The second-order valence-corrected chi connectivity index (χ2v) is 8.70. The highest BCUT2D eigenvalue weighted by molar-refractivity contribution is 6.02. The molecular weight excluding hydrogens is 488 g/mol. The van der Waals surface area contributed by atoms with Gasteiger partial charge in [0.1, 0.15) is 18.1 Å². The minimum atomic E-state index is -0.709. The van der Waals surface area contributed by atoms with Crippen molar-refractivity contribution in [2.24, 2.45) is 0 Å². The van der Waals surface area contributed by atoms with E-state index in [0.717, 1.165) is 21.9 Å². The predicted octanol–water partition coefficient (Wildman–Crippen LogP) is 4.46. The van der Waals surface area contributed by atoms with Gasteiger partial charge in [0.25, 0.3) is 0 Å². The summed E-state index contributed by atoms with van der Waals surface area (Å²) in [6.07, 6.45) is 2.85. The number of hydrogen-bond acceptors (Lipinski definition) is 8. The SMILES string of the molecule is Cc1c(NC(=O)OCCN2C(=O)CCC2=O)cn2ncc(N)c(Nc3ccc(Oc4ccccc4)cc3)c12. The molecule has 4 aromatic rings. The Labute approximate surface area is 218 Å². The number of ether oxygens (including phenoxy) is 2. The van der Waals surface area contributed by atoms with Crippen molar-refractivity contribution < 1.29 is 23.9 Å². The number of rotatable bonds is 8. The van der Waals surface area contributed by atoms with E-state index in [4.69, 9.17) is 15.2 Å². The molecule has 1 aliphatic rings. The molecule has 38 heavy (non-hydrogen) atoms. The number of amides is 3. The van der Waals surface area contributed by atoms with E-state index in [1.807, 2.05) is 61.5 Å². The lowest BCUT2D eigenvalue weighted by Crippen LogP contribution is -2.33. The third-order valence-corrected chi connectivity index (χ3v) is 6.13. The molecule has 0 aliphatic carbocycles. The summed E-state index contributed by atoms with van der Waals surface area (Å²) >= 11 is 0. The predicted molar refractivity (Wildman–Crippen MR) is 142 cm³/mol. The number of nitrogens with one attached hydrogen (secondary N) is 2. The van der Waals surface area contributed by atoms with Gasteiger partial charge in [-0.25, -0.2) is 9.31 Å². The Balaban J connectivity index is 1.27. The van der Waals surface area contributed by atoms with Crippen molar-refractivity contribution in [3.63, 3.8) is 0 Å². The van der Waals surface area contributed by atoms with Crippen LogP contribution in [0.2, 0.25) is 0 Å². The van der Waals surface area contributed by atoms with Crippen LogP contribution in [-0.2, 0) is 14.3 Å². The number of hydrogen-bond donors (Lipinski definition) is 3. The summed E-state index contributed by atoms with van der Waals surface area (Å²) in [5.41, 5.74) is 9.98. The van der Waals surface area contributed by atoms with Crippen molar-refractivity contribution in [2.45, 2.75) is 19.8 Å². The molecule has 0 bridgehead atoms. The molecule has 0 radical (unpaired) electrons. The second kappa shape index (κ2) is 10.5. The Morgan fingerprint density at radius 2 is 1.71 bits per heavy atom. The topological polar surface area (TPSA) is 140 Å². The maximum Gasteiger partial charge on any atom is 0.411 e. The number of anilines is 4. The molecule has 0 atom stereocenters. The van der Waals surface area contributed by atoms with Gasteiger partial charge in [-0.3, -0.25) is 19.8 Å². The number of nitrogen functional groups attached to an aromatic ring is 1. The van der Waals surface area contributed by atoms with Crippen LogP contribution in [0.1, 0.15) is 18.4 Å². The number of aryl methyl sites for hydroxylation is 1. The summed E-state index contributed by atoms with van der Waals surface area (Å²) in [7, 11) is 0. The lowest BCUT2D eigenvalue weighted by atomic mass is 10.2. The van der Waals surface area contributed by atoms with Gasteiger partial charge < -0.3 is 20.5 Å². The van der Waals surface area contributed by atoms with Gasteiger partial charge in [0.2, 0.25) is 11.8 Å². The highest BCUT2D eigenvalue weighted by Crippen LogP contribution is 2.34. The monoisotopic (exact) mass is 514 g/mol. The van der Waals surface area contributed by atoms with Crippen molar-refractivity contribution in [1.82, 2.24) is 14.5 Å². The fourth-order valence-corrected chi connectivity index (χ4v) is 4.18. The molecule has 11 nitrogen and oxygen atoms in total. The average Bonchev–Trinajstić information content (AvgIpc) is 3.40. The van der Waals surface area contributed by atoms with Crippen molar-refractivity contribution >= 4 is 46.2 Å². The van der Waals surface area contributed by atoms with E-state index >= 15 is 0 Å². The molecule has 0 unspecified atom stereocenters. The first-order chi connectivity index (χ1) is 18.4. The quantitative estimate of drug-likeness (QED) is 0.293. The van der Waals surface area contributed by atoms with E-state index in [9.17, 15) is 14.4 Å². The molecule has 4 N–H and O–H groups in total. The summed E-state index contributed by atoms with van der Waals surface area (Å²) in [5, 5.41) is 10.3. The number of likely N-dealkylation sites (tertiary alicyclic amines) is 1. The summed E-state index contributed by atoms with van der Waals surface area (Å²) in [4.78, 5) is 36.9. The number of fused-ring (bicyclic) bond motifs is 1. The number of nitrogens with two attached hydrogens (primary N) is 1. The standard InChI is InChI=1S/C27H26N6O5/c1-17-22(31-27(36)37-14-13-32-23(34)11-12-24(32)35)16-33-26(17)25(21(28)15-29-33)30-18-7-9-20(10-8-18)38-19-5-3-2-4-6-19/h2-10,15-16,30H,11-14,28H2,1H3,(H,31,36). The minimum absolute atomic E-state index is 0.0309. The van der Waals surface area contributed by atoms with Crippen molar-refractivity contribution in [3.8, 4) is 11.5 Å². The van der Waals surface area contributed by atoms with Crippen LogP contribution in [-0.4, -0.2) is 45.6 Å². The molecule has 3 amide bonds. The molecule has 1 fully saturated rings. The molecule has 194 valence electrons. The number of nitrogens with zero attached hydrogens (tertiary/aromatic N) is 3. The van der Waals surface area contributed by atoms with E-state index in [1.165, 1.54) is 6.20 Å². The van der Waals surface area contributed by atoms with Crippen molar-refractivity contribution in [2.75, 3.05) is 29.5 Å². The van der Waals surface area contributed by atoms with Crippen LogP contribution >= 0.6 is 0 Å². The van der Waals surface area contributed by atoms with E-state index in [-0.39, 0.29) is 37.8 Å². The molecule has 2 aromatic carbocycles. The number of carbonyl (C=O) groups excluding carboxylic acids is 3. The summed E-state index contributed by atoms with van der Waals surface area (Å²) in [5.74, 6) is 0.928. The molecule has 5 rings (SSSR count). The third-order valence-electron chi connectivity index (χ3n) is 6.13. The Morgan fingerprint density at radius 3 is 2.42 bits per heavy atom. The Bertz CT molecular complexity index is 1480. The van der Waals surface area contributed by atoms with Gasteiger partial charge in [-0.05, 0) is 43.3 Å². The first-order valence-corrected chi connectivity index (χ1v) is 12.0. The van der Waals surface area contributed by atoms with E-state index < -0.39 is 6.09 Å². The molecule has 2 aromatic heterocycles. The Hall–Kier alpha value is -5.06. The first kappa shape index (κ1) is 24.6. The van der Waals surface area contributed by atoms with Gasteiger partial charge in [0.05, 0.1) is 41.5 Å². The molecule has 1 aliphatic heterocycles. The third kappa shape index (κ3) is 5.21. The smallest absolute Gasteiger partial charge is 0.411 e. The van der Waals surface area contributed by atoms with Crippen LogP contribution in [0.15, 0.2) is 67.0 Å². The molecule has 11 heteroatoms. The van der Waals surface area contributed by atoms with E-state index in [2.05, 4.69) is 15.7 Å². The number of imide groups is 1. The number of aromatic nitrogens is 2. The number of carbonyl (C=O) groups is 3. The van der Waals surface area contributed by atoms with Crippen LogP contribution in [0.4, 0.5) is 27.5 Å². The van der Waals surface area contributed by atoms with Crippen LogP contribution in [0.5, 0.6) is 11.5 Å². The van der Waals surface area contributed by atoms with Crippen molar-refractivity contribution in [3.05, 3.63) is 72.6 Å². The second-order valence-electron chi connectivity index (χ2n) is 8.70. The fourth-order valence-electron chi connectivity index (χ4n) is 4.18. The fraction of sp³-hybridized carbons (Fsp3) is 0.185. The maximum atomic E-state index is 12.4. The van der Waals surface area contributed by atoms with E-state index in [0.29, 0.717) is 28.3 Å². The lowest BCUT2D eigenvalue weighted by molar-refractivity contribution is -0.138. The van der Waals surface area contributed by atoms with Crippen LogP contribution < -0.4 is 21.1 Å². The van der Waals surface area contributed by atoms with E-state index in [1.54, 1.807) is 10.7 Å². The normalized spacial score (nSPS) is 13.1. The van der Waals surface area contributed by atoms with Crippen LogP contribution in [0.25, 0.3) is 5.52 Å². The minimum Gasteiger partial charge on any atom is -0.457 e. The van der Waals surface area contributed by atoms with Crippen LogP contribution in [0.3, 0.4) is 0 Å². The zero-order valence-electron chi connectivity index (χ0n) is 20.6.